The Morgan fingerprint density at radius 1 is 0.810 bits per heavy atom. The van der Waals surface area contributed by atoms with Gasteiger partial charge in [-0.15, -0.1) is 0 Å². The van der Waals surface area contributed by atoms with Crippen molar-refractivity contribution in [2.24, 2.45) is 0 Å². The summed E-state index contributed by atoms with van der Waals surface area (Å²) in [7, 11) is 2.73. The molecule has 2 aromatic carbocycles. The van der Waals surface area contributed by atoms with Crippen LogP contribution in [0.3, 0.4) is 0 Å². The summed E-state index contributed by atoms with van der Waals surface area (Å²) >= 11 is -0.482. The zero-order valence-electron chi connectivity index (χ0n) is 11.6. The first-order valence-electron chi connectivity index (χ1n) is 6.15. The quantitative estimate of drug-likeness (QED) is 0.511. The van der Waals surface area contributed by atoms with Crippen LogP contribution < -0.4 is 21.2 Å². The normalized spacial score (nSPS) is 10.2. The van der Waals surface area contributed by atoms with E-state index >= 15 is 0 Å². The third-order valence-corrected chi connectivity index (χ3v) is 5.30. The van der Waals surface area contributed by atoms with Crippen molar-refractivity contribution in [1.82, 2.24) is 0 Å². The molecule has 21 heavy (non-hydrogen) atoms. The zero-order valence-corrected chi connectivity index (χ0v) is 13.8. The molecule has 0 amide bonds. The van der Waals surface area contributed by atoms with Crippen LogP contribution in [0.1, 0.15) is 20.7 Å². The average molecular weight is 397 g/mol. The van der Waals surface area contributed by atoms with E-state index in [0.717, 1.165) is 7.14 Å². The third kappa shape index (κ3) is 4.04. The fourth-order valence-corrected chi connectivity index (χ4v) is 4.19. The maximum atomic E-state index is 11.5. The van der Waals surface area contributed by atoms with Crippen molar-refractivity contribution in [2.75, 3.05) is 14.2 Å². The number of rotatable bonds is 4. The van der Waals surface area contributed by atoms with Gasteiger partial charge in [0.25, 0.3) is 0 Å². The van der Waals surface area contributed by atoms with Gasteiger partial charge in [-0.05, 0) is 0 Å². The molecule has 5 heteroatoms. The Labute approximate surface area is 133 Å². The number of hydrogen-bond donors (Lipinski definition) is 0. The molecule has 0 bridgehead atoms. The number of benzene rings is 2. The second-order valence-electron chi connectivity index (χ2n) is 4.10. The molecule has 0 N–H and O–H groups in total. The minimum atomic E-state index is -0.482. The predicted octanol–water partition coefficient (Wildman–Crippen LogP) is -0.612. The molecular formula is C16H14IO4-. The molecule has 2 rings (SSSR count). The molecule has 110 valence electrons. The molecule has 0 aromatic heterocycles. The summed E-state index contributed by atoms with van der Waals surface area (Å²) in [6.45, 7) is 0. The zero-order chi connectivity index (χ0) is 15.2. The first-order valence-corrected chi connectivity index (χ1v) is 8.31. The standard InChI is InChI=1S/C16H14IO4/c1-20-15(18)11-5-3-7-13(9-11)17-14-8-4-6-12(10-14)16(19)21-2/h3-10H,1-2H3/q-1. The molecule has 0 atom stereocenters. The molecule has 0 radical (unpaired) electrons. The minimum absolute atomic E-state index is 0.343. The van der Waals surface area contributed by atoms with Crippen LogP contribution >= 0.6 is 0 Å². The van der Waals surface area contributed by atoms with Gasteiger partial charge in [0.15, 0.2) is 0 Å². The SMILES string of the molecule is COC(=O)c1cccc([I-]c2cccc(C(=O)OC)c2)c1. The van der Waals surface area contributed by atoms with Gasteiger partial charge in [0.1, 0.15) is 0 Å². The van der Waals surface area contributed by atoms with Crippen LogP contribution in [0, 0.1) is 7.14 Å². The van der Waals surface area contributed by atoms with E-state index < -0.39 is 21.2 Å². The van der Waals surface area contributed by atoms with Gasteiger partial charge in [0, 0.05) is 0 Å². The second-order valence-corrected chi connectivity index (χ2v) is 7.13. The summed E-state index contributed by atoms with van der Waals surface area (Å²) in [5.41, 5.74) is 1.08. The number of halogens is 1. The molecule has 2 aromatic rings. The predicted molar refractivity (Wildman–Crippen MR) is 73.0 cm³/mol. The summed E-state index contributed by atoms with van der Waals surface area (Å²) in [5, 5.41) is 0. The van der Waals surface area contributed by atoms with Crippen molar-refractivity contribution in [2.45, 2.75) is 0 Å². The third-order valence-electron chi connectivity index (χ3n) is 2.71. The van der Waals surface area contributed by atoms with Crippen LogP contribution in [0.15, 0.2) is 48.5 Å². The first-order chi connectivity index (χ1) is 10.1. The summed E-state index contributed by atoms with van der Waals surface area (Å²) in [5.74, 6) is -0.687. The van der Waals surface area contributed by atoms with Crippen LogP contribution in [0.4, 0.5) is 0 Å². The van der Waals surface area contributed by atoms with Crippen LogP contribution in [-0.4, -0.2) is 26.2 Å². The molecule has 0 aliphatic heterocycles. The van der Waals surface area contributed by atoms with Crippen molar-refractivity contribution in [1.29, 1.82) is 0 Å². The number of carbonyl (C=O) groups excluding carboxylic acids is 2. The Balaban J connectivity index is 2.22. The van der Waals surface area contributed by atoms with Gasteiger partial charge in [0.2, 0.25) is 0 Å². The molecule has 0 aliphatic carbocycles. The van der Waals surface area contributed by atoms with E-state index in [0.29, 0.717) is 11.1 Å². The number of ether oxygens (including phenoxy) is 2. The fraction of sp³-hybridized carbons (Fsp3) is 0.125. The Bertz CT molecular complexity index is 609. The topological polar surface area (TPSA) is 52.6 Å². The molecule has 0 aliphatic rings. The summed E-state index contributed by atoms with van der Waals surface area (Å²) in [6.07, 6.45) is 0. The van der Waals surface area contributed by atoms with Gasteiger partial charge in [-0.2, -0.15) is 0 Å². The van der Waals surface area contributed by atoms with Gasteiger partial charge in [-0.3, -0.25) is 0 Å². The molecular weight excluding hydrogens is 383 g/mol. The average Bonchev–Trinajstić information content (AvgIpc) is 2.53. The van der Waals surface area contributed by atoms with E-state index in [1.54, 1.807) is 12.1 Å². The molecule has 0 spiro atoms. The molecule has 0 fully saturated rings. The summed E-state index contributed by atoms with van der Waals surface area (Å²) in [4.78, 5) is 23.1. The van der Waals surface area contributed by atoms with Crippen LogP contribution in [-0.2, 0) is 9.47 Å². The van der Waals surface area contributed by atoms with E-state index in [4.69, 9.17) is 9.47 Å². The Morgan fingerprint density at radius 2 is 1.24 bits per heavy atom. The number of methoxy groups -OCH3 is 2. The van der Waals surface area contributed by atoms with Gasteiger partial charge in [0.05, 0.1) is 0 Å². The first kappa shape index (κ1) is 15.5. The van der Waals surface area contributed by atoms with Crippen molar-refractivity contribution in [3.8, 4) is 0 Å². The summed E-state index contributed by atoms with van der Waals surface area (Å²) < 4.78 is 11.6. The van der Waals surface area contributed by atoms with Gasteiger partial charge >= 0.3 is 133 Å². The van der Waals surface area contributed by atoms with Crippen molar-refractivity contribution in [3.63, 3.8) is 0 Å². The molecule has 0 heterocycles. The molecule has 0 saturated carbocycles. The van der Waals surface area contributed by atoms with Crippen molar-refractivity contribution >= 4 is 11.9 Å². The number of esters is 2. The van der Waals surface area contributed by atoms with E-state index in [2.05, 4.69) is 0 Å². The van der Waals surface area contributed by atoms with Gasteiger partial charge < -0.3 is 0 Å². The monoisotopic (exact) mass is 397 g/mol. The molecule has 0 unspecified atom stereocenters. The Hall–Kier alpha value is -1.89. The number of carbonyl (C=O) groups is 2. The van der Waals surface area contributed by atoms with Gasteiger partial charge in [-0.1, -0.05) is 0 Å². The Morgan fingerprint density at radius 3 is 1.62 bits per heavy atom. The fourth-order valence-electron chi connectivity index (χ4n) is 1.71. The van der Waals surface area contributed by atoms with E-state index in [1.165, 1.54) is 14.2 Å². The summed E-state index contributed by atoms with van der Waals surface area (Å²) in [6, 6.07) is 14.8. The van der Waals surface area contributed by atoms with Crippen molar-refractivity contribution in [3.05, 3.63) is 66.8 Å². The maximum absolute atomic E-state index is 11.5. The van der Waals surface area contributed by atoms with E-state index in [1.807, 2.05) is 36.4 Å². The van der Waals surface area contributed by atoms with Crippen LogP contribution in [0.5, 0.6) is 0 Å². The van der Waals surface area contributed by atoms with E-state index in [9.17, 15) is 9.59 Å². The van der Waals surface area contributed by atoms with Crippen molar-refractivity contribution < 1.29 is 40.3 Å². The van der Waals surface area contributed by atoms with E-state index in [-0.39, 0.29) is 11.9 Å². The Kier molecular flexibility index (Phi) is 5.32. The second kappa shape index (κ2) is 7.21. The molecule has 0 saturated heterocycles. The van der Waals surface area contributed by atoms with Crippen LogP contribution in [0.2, 0.25) is 0 Å². The van der Waals surface area contributed by atoms with Crippen LogP contribution in [0.25, 0.3) is 0 Å². The number of hydrogen-bond acceptors (Lipinski definition) is 4. The van der Waals surface area contributed by atoms with Gasteiger partial charge in [-0.25, -0.2) is 0 Å². The molecule has 4 nitrogen and oxygen atoms in total.